The van der Waals surface area contributed by atoms with Gasteiger partial charge in [-0.1, -0.05) is 58.0 Å². The van der Waals surface area contributed by atoms with Gasteiger partial charge in [-0.2, -0.15) is 0 Å². The van der Waals surface area contributed by atoms with Crippen molar-refractivity contribution in [2.24, 2.45) is 16.7 Å². The molecule has 1 aliphatic carbocycles. The molecule has 5 atom stereocenters. The van der Waals surface area contributed by atoms with Gasteiger partial charge >= 0.3 is 0 Å². The Labute approximate surface area is 233 Å². The molecule has 2 aromatic carbocycles. The van der Waals surface area contributed by atoms with Crippen molar-refractivity contribution in [1.82, 2.24) is 4.90 Å². The third-order valence-electron chi connectivity index (χ3n) is 9.47. The van der Waals surface area contributed by atoms with E-state index in [-0.39, 0.29) is 36.0 Å². The summed E-state index contributed by atoms with van der Waals surface area (Å²) in [6.45, 7) is 21.6. The molecule has 2 aliphatic rings. The van der Waals surface area contributed by atoms with Gasteiger partial charge in [0.05, 0.1) is 12.2 Å². The highest BCUT2D eigenvalue weighted by Crippen LogP contribution is 2.57. The molecule has 0 bridgehead atoms. The van der Waals surface area contributed by atoms with Crippen molar-refractivity contribution in [2.75, 3.05) is 6.54 Å². The second kappa shape index (κ2) is 10.7. The van der Waals surface area contributed by atoms with Crippen LogP contribution in [-0.2, 0) is 0 Å². The van der Waals surface area contributed by atoms with Gasteiger partial charge in [-0.25, -0.2) is 0 Å². The molecule has 0 N–H and O–H groups in total. The zero-order valence-corrected chi connectivity index (χ0v) is 25.1. The molecular weight excluding hydrogens is 470 g/mol. The molecule has 1 saturated heterocycles. The summed E-state index contributed by atoms with van der Waals surface area (Å²) in [4.78, 5) is 16.6. The van der Waals surface area contributed by atoms with Crippen LogP contribution in [-0.4, -0.2) is 35.5 Å². The predicted octanol–water partition coefficient (Wildman–Crippen LogP) is 8.46. The van der Waals surface area contributed by atoms with Crippen LogP contribution in [0.3, 0.4) is 0 Å². The van der Waals surface area contributed by atoms with E-state index in [1.165, 1.54) is 5.56 Å². The van der Waals surface area contributed by atoms with E-state index >= 15 is 0 Å². The molecule has 0 spiro atoms. The zero-order valence-electron chi connectivity index (χ0n) is 27.1. The first-order valence-corrected chi connectivity index (χ1v) is 14.4. The van der Waals surface area contributed by atoms with Crippen LogP contribution in [0.15, 0.2) is 42.5 Å². The minimum atomic E-state index is -1.74. The highest BCUT2D eigenvalue weighted by Gasteiger charge is 2.53. The third-order valence-corrected chi connectivity index (χ3v) is 9.47. The summed E-state index contributed by atoms with van der Waals surface area (Å²) in [5.74, 6) is -0.0104. The van der Waals surface area contributed by atoms with Crippen LogP contribution < -0.4 is 9.47 Å². The standard InChI is InChI=1S/C34H49NO3/c1-21(2)37-30-18-27-23(5)29(32(36)28(27)19-31(30)38-22(3)4)20-34(10)16-17-35(25(7)33(34,8)9)24(6)26-14-12-11-13-15-26/h11-15,18-19,21-25,29H,16-17,20H2,1-10H3/i20D2. The van der Waals surface area contributed by atoms with E-state index in [1.54, 1.807) is 6.07 Å². The SMILES string of the molecule is [2H]C([2H])(C1C(=O)c2cc(OC(C)C)c(OC(C)C)cc2C1C)C1(C)CCN(C(C)c2ccccc2)C(C)C1(C)C. The Morgan fingerprint density at radius 3 is 2.13 bits per heavy atom. The van der Waals surface area contributed by atoms with Gasteiger partial charge in [-0.15, -0.1) is 0 Å². The molecule has 4 rings (SSSR count). The molecule has 1 aliphatic heterocycles. The van der Waals surface area contributed by atoms with E-state index in [4.69, 9.17) is 9.47 Å². The van der Waals surface area contributed by atoms with Crippen LogP contribution in [0, 0.1) is 16.7 Å². The lowest BCUT2D eigenvalue weighted by Gasteiger charge is -2.58. The number of nitrogens with zero attached hydrogens (tertiary/aromatic N) is 1. The second-order valence-electron chi connectivity index (χ2n) is 12.8. The van der Waals surface area contributed by atoms with Crippen LogP contribution in [0.2, 0.25) is 0 Å². The summed E-state index contributed by atoms with van der Waals surface area (Å²) in [6.07, 6.45) is -1.19. The maximum atomic E-state index is 14.1. The summed E-state index contributed by atoms with van der Waals surface area (Å²) in [5, 5.41) is 0. The minimum absolute atomic E-state index is 0.0492. The first-order valence-electron chi connectivity index (χ1n) is 15.4. The van der Waals surface area contributed by atoms with Crippen LogP contribution in [0.25, 0.3) is 0 Å². The van der Waals surface area contributed by atoms with E-state index in [1.807, 2.05) is 46.8 Å². The normalized spacial score (nSPS) is 29.2. The highest BCUT2D eigenvalue weighted by atomic mass is 16.5. The van der Waals surface area contributed by atoms with Gasteiger partial charge < -0.3 is 9.47 Å². The lowest BCUT2D eigenvalue weighted by Crippen LogP contribution is -2.58. The fourth-order valence-corrected chi connectivity index (χ4v) is 6.42. The number of carbonyl (C=O) groups excluding carboxylic acids is 1. The summed E-state index contributed by atoms with van der Waals surface area (Å²) < 4.78 is 31.6. The predicted molar refractivity (Wildman–Crippen MR) is 156 cm³/mol. The summed E-state index contributed by atoms with van der Waals surface area (Å²) in [6, 6.07) is 14.6. The topological polar surface area (TPSA) is 38.8 Å². The molecular formula is C34H49NO3. The number of ether oxygens (including phenoxy) is 2. The maximum absolute atomic E-state index is 14.1. The van der Waals surface area contributed by atoms with Crippen molar-refractivity contribution in [3.05, 3.63) is 59.2 Å². The number of carbonyl (C=O) groups is 1. The number of benzene rings is 2. The highest BCUT2D eigenvalue weighted by molar-refractivity contribution is 6.03. The lowest BCUT2D eigenvalue weighted by atomic mass is 9.55. The monoisotopic (exact) mass is 521 g/mol. The zero-order chi connectivity index (χ0) is 29.8. The van der Waals surface area contributed by atoms with E-state index in [9.17, 15) is 7.54 Å². The van der Waals surface area contributed by atoms with Crippen LogP contribution in [0.4, 0.5) is 0 Å². The quantitative estimate of drug-likeness (QED) is 0.349. The van der Waals surface area contributed by atoms with Crippen LogP contribution in [0.1, 0.15) is 118 Å². The average Bonchev–Trinajstić information content (AvgIpc) is 3.11. The van der Waals surface area contributed by atoms with E-state index in [0.717, 1.165) is 12.1 Å². The van der Waals surface area contributed by atoms with Crippen molar-refractivity contribution < 1.29 is 17.0 Å². The number of ketones is 1. The third kappa shape index (κ3) is 5.13. The number of likely N-dealkylation sites (tertiary alicyclic amines) is 1. The molecule has 0 saturated carbocycles. The average molecular weight is 522 g/mol. The van der Waals surface area contributed by atoms with E-state index in [0.29, 0.717) is 23.5 Å². The van der Waals surface area contributed by atoms with Crippen molar-refractivity contribution in [2.45, 2.75) is 112 Å². The van der Waals surface area contributed by atoms with Gasteiger partial charge in [0.25, 0.3) is 0 Å². The number of rotatable bonds is 8. The first kappa shape index (κ1) is 25.9. The molecule has 4 nitrogen and oxygen atoms in total. The van der Waals surface area contributed by atoms with Gasteiger partial charge in [-0.05, 0) is 101 Å². The Morgan fingerprint density at radius 1 is 0.974 bits per heavy atom. The summed E-state index contributed by atoms with van der Waals surface area (Å²) in [5.41, 5.74) is 1.57. The number of hydrogen-bond acceptors (Lipinski definition) is 4. The fraction of sp³-hybridized carbons (Fsp3) is 0.618. The van der Waals surface area contributed by atoms with E-state index < -0.39 is 23.1 Å². The molecule has 2 aromatic rings. The number of hydrogen-bond donors (Lipinski definition) is 0. The number of Topliss-reactive ketones (excluding diaryl/α,β-unsaturated/α-hetero) is 1. The van der Waals surface area contributed by atoms with Gasteiger partial charge in [0.2, 0.25) is 0 Å². The van der Waals surface area contributed by atoms with Crippen molar-refractivity contribution in [1.29, 1.82) is 0 Å². The summed E-state index contributed by atoms with van der Waals surface area (Å²) in [7, 11) is 0. The largest absolute Gasteiger partial charge is 0.487 e. The molecule has 1 heterocycles. The van der Waals surface area contributed by atoms with Gasteiger partial charge in [0.1, 0.15) is 0 Å². The van der Waals surface area contributed by atoms with Crippen LogP contribution >= 0.6 is 0 Å². The smallest absolute Gasteiger partial charge is 0.166 e. The fourth-order valence-electron chi connectivity index (χ4n) is 6.42. The van der Waals surface area contributed by atoms with Crippen LogP contribution in [0.5, 0.6) is 11.5 Å². The van der Waals surface area contributed by atoms with Gasteiger partial charge in [0, 0.05) is 26.3 Å². The number of fused-ring (bicyclic) bond motifs is 1. The Balaban J connectivity index is 1.70. The minimum Gasteiger partial charge on any atom is -0.487 e. The van der Waals surface area contributed by atoms with Crippen molar-refractivity contribution in [3.63, 3.8) is 0 Å². The molecule has 1 fully saturated rings. The summed E-state index contributed by atoms with van der Waals surface area (Å²) >= 11 is 0. The molecule has 38 heavy (non-hydrogen) atoms. The molecule has 0 aromatic heterocycles. The van der Waals surface area contributed by atoms with E-state index in [2.05, 4.69) is 63.8 Å². The number of piperidine rings is 1. The Morgan fingerprint density at radius 2 is 1.55 bits per heavy atom. The first-order chi connectivity index (χ1) is 18.5. The molecule has 4 heteroatoms. The second-order valence-corrected chi connectivity index (χ2v) is 12.8. The van der Waals surface area contributed by atoms with Gasteiger partial charge in [0.15, 0.2) is 17.3 Å². The Bertz CT molecular complexity index is 1230. The maximum Gasteiger partial charge on any atom is 0.166 e. The molecule has 208 valence electrons. The Hall–Kier alpha value is -2.33. The lowest BCUT2D eigenvalue weighted by molar-refractivity contribution is -0.0884. The Kier molecular flexibility index (Phi) is 7.28. The molecule has 0 radical (unpaired) electrons. The molecule has 0 amide bonds. The van der Waals surface area contributed by atoms with Crippen molar-refractivity contribution >= 4 is 5.78 Å². The van der Waals surface area contributed by atoms with Gasteiger partial charge in [-0.3, -0.25) is 9.69 Å². The molecule has 5 unspecified atom stereocenters. The van der Waals surface area contributed by atoms with Crippen molar-refractivity contribution in [3.8, 4) is 11.5 Å².